The molecule has 3 rings (SSSR count). The van der Waals surface area contributed by atoms with E-state index in [1.807, 2.05) is 32.8 Å². The number of benzene rings is 1. The van der Waals surface area contributed by atoms with E-state index < -0.39 is 29.6 Å². The van der Waals surface area contributed by atoms with Crippen LogP contribution in [0.15, 0.2) is 29.4 Å². The van der Waals surface area contributed by atoms with Gasteiger partial charge in [0, 0.05) is 18.7 Å². The van der Waals surface area contributed by atoms with E-state index in [4.69, 9.17) is 4.74 Å². The zero-order valence-electron chi connectivity index (χ0n) is 22.1. The predicted octanol–water partition coefficient (Wildman–Crippen LogP) is 4.15. The van der Waals surface area contributed by atoms with Crippen molar-refractivity contribution in [3.63, 3.8) is 0 Å². The van der Waals surface area contributed by atoms with Crippen molar-refractivity contribution < 1.29 is 23.5 Å². The summed E-state index contributed by atoms with van der Waals surface area (Å²) in [5, 5.41) is 11.4. The second-order valence-corrected chi connectivity index (χ2v) is 11.3. The van der Waals surface area contributed by atoms with Crippen molar-refractivity contribution >= 4 is 34.7 Å². The van der Waals surface area contributed by atoms with Gasteiger partial charge in [-0.1, -0.05) is 44.2 Å². The third-order valence-corrected chi connectivity index (χ3v) is 7.18. The lowest BCUT2D eigenvalue weighted by atomic mass is 9.88. The van der Waals surface area contributed by atoms with Crippen molar-refractivity contribution in [2.45, 2.75) is 70.7 Å². The fourth-order valence-corrected chi connectivity index (χ4v) is 5.16. The summed E-state index contributed by atoms with van der Waals surface area (Å²) in [6, 6.07) is 5.09. The highest BCUT2D eigenvalue weighted by Crippen LogP contribution is 2.29. The second-order valence-electron chi connectivity index (χ2n) is 10.2. The minimum atomic E-state index is -1.16. The molecule has 2 N–H and O–H groups in total. The average Bonchev–Trinajstić information content (AvgIpc) is 3.27. The molecule has 204 valence electrons. The molecule has 37 heavy (non-hydrogen) atoms. The lowest BCUT2D eigenvalue weighted by Crippen LogP contribution is -2.64. The maximum absolute atomic E-state index is 14.3. The predicted molar refractivity (Wildman–Crippen MR) is 142 cm³/mol. The second kappa shape index (κ2) is 13.2. The minimum Gasteiger partial charge on any atom is -0.438 e. The summed E-state index contributed by atoms with van der Waals surface area (Å²) >= 11 is 1.33. The SMILES string of the molecule is CC(C)CCC(=O)C1OC(SCCN(C)C)=NN1C(=O)NC1(NC(=O)c2ccccc2F)CCCCC1. The number of halogens is 1. The van der Waals surface area contributed by atoms with Crippen LogP contribution in [0.2, 0.25) is 0 Å². The summed E-state index contributed by atoms with van der Waals surface area (Å²) in [5.41, 5.74) is -1.18. The van der Waals surface area contributed by atoms with E-state index in [0.29, 0.717) is 30.9 Å². The van der Waals surface area contributed by atoms with Crippen LogP contribution < -0.4 is 10.6 Å². The summed E-state index contributed by atoms with van der Waals surface area (Å²) < 4.78 is 20.1. The Morgan fingerprint density at radius 3 is 2.54 bits per heavy atom. The van der Waals surface area contributed by atoms with Crippen LogP contribution in [0.3, 0.4) is 0 Å². The van der Waals surface area contributed by atoms with Gasteiger partial charge in [-0.05, 0) is 64.3 Å². The van der Waals surface area contributed by atoms with Gasteiger partial charge in [-0.2, -0.15) is 5.01 Å². The van der Waals surface area contributed by atoms with E-state index in [1.54, 1.807) is 6.07 Å². The van der Waals surface area contributed by atoms with E-state index in [1.165, 1.54) is 30.0 Å². The fraction of sp³-hybridized carbons (Fsp3) is 0.615. The molecule has 11 heteroatoms. The van der Waals surface area contributed by atoms with Gasteiger partial charge in [-0.25, -0.2) is 9.18 Å². The van der Waals surface area contributed by atoms with E-state index in [2.05, 4.69) is 15.7 Å². The molecule has 0 saturated heterocycles. The summed E-state index contributed by atoms with van der Waals surface area (Å²) in [6.07, 6.45) is 3.23. The molecule has 0 bridgehead atoms. The van der Waals surface area contributed by atoms with Gasteiger partial charge in [0.1, 0.15) is 11.5 Å². The molecule has 1 atom stereocenters. The Bertz CT molecular complexity index is 997. The van der Waals surface area contributed by atoms with Gasteiger partial charge in [0.25, 0.3) is 17.4 Å². The van der Waals surface area contributed by atoms with Crippen molar-refractivity contribution in [3.05, 3.63) is 35.6 Å². The molecule has 2 aliphatic rings. The molecule has 0 aromatic heterocycles. The lowest BCUT2D eigenvalue weighted by Gasteiger charge is -2.39. The molecule has 1 aliphatic carbocycles. The maximum Gasteiger partial charge on any atom is 0.343 e. The molecule has 1 saturated carbocycles. The molecule has 0 radical (unpaired) electrons. The highest BCUT2D eigenvalue weighted by atomic mass is 32.2. The van der Waals surface area contributed by atoms with Crippen LogP contribution in [0.4, 0.5) is 9.18 Å². The number of amides is 3. The largest absolute Gasteiger partial charge is 0.438 e. The highest BCUT2D eigenvalue weighted by molar-refractivity contribution is 8.13. The number of hydrogen-bond donors (Lipinski definition) is 2. The van der Waals surface area contributed by atoms with Crippen LogP contribution in [-0.4, -0.2) is 71.1 Å². The Morgan fingerprint density at radius 2 is 1.89 bits per heavy atom. The first-order chi connectivity index (χ1) is 17.6. The highest BCUT2D eigenvalue weighted by Gasteiger charge is 2.43. The van der Waals surface area contributed by atoms with E-state index in [0.717, 1.165) is 30.8 Å². The number of nitrogens with one attached hydrogen (secondary N) is 2. The van der Waals surface area contributed by atoms with Gasteiger partial charge in [0.05, 0.1) is 5.56 Å². The van der Waals surface area contributed by atoms with E-state index in [-0.39, 0.29) is 23.0 Å². The number of urea groups is 1. The van der Waals surface area contributed by atoms with Gasteiger partial charge in [0.2, 0.25) is 0 Å². The maximum atomic E-state index is 14.3. The molecule has 0 spiro atoms. The Hall–Kier alpha value is -2.66. The van der Waals surface area contributed by atoms with Crippen LogP contribution in [0, 0.1) is 11.7 Å². The van der Waals surface area contributed by atoms with Crippen LogP contribution >= 0.6 is 11.8 Å². The van der Waals surface area contributed by atoms with Gasteiger partial charge in [0.15, 0.2) is 5.78 Å². The number of rotatable bonds is 10. The third kappa shape index (κ3) is 8.16. The van der Waals surface area contributed by atoms with E-state index >= 15 is 0 Å². The Kier molecular flexibility index (Phi) is 10.3. The number of thioether (sulfide) groups is 1. The number of ether oxygens (including phenoxy) is 1. The van der Waals surface area contributed by atoms with Crippen LogP contribution in [0.1, 0.15) is 69.2 Å². The number of nitrogens with zero attached hydrogens (tertiary/aromatic N) is 3. The zero-order valence-corrected chi connectivity index (χ0v) is 22.9. The quantitative estimate of drug-likeness (QED) is 0.436. The lowest BCUT2D eigenvalue weighted by molar-refractivity contribution is -0.131. The van der Waals surface area contributed by atoms with Crippen molar-refractivity contribution in [1.82, 2.24) is 20.5 Å². The summed E-state index contributed by atoms with van der Waals surface area (Å²) in [5.74, 6) is -0.474. The molecule has 9 nitrogen and oxygen atoms in total. The number of carbonyl (C=O) groups is 3. The average molecular weight is 536 g/mol. The first-order valence-corrected chi connectivity index (χ1v) is 13.8. The first kappa shape index (κ1) is 28.9. The molecule has 3 amide bonds. The molecule has 1 aliphatic heterocycles. The molecule has 1 aromatic rings. The van der Waals surface area contributed by atoms with Crippen molar-refractivity contribution in [1.29, 1.82) is 0 Å². The number of ketones is 1. The van der Waals surface area contributed by atoms with Crippen molar-refractivity contribution in [2.75, 3.05) is 26.4 Å². The minimum absolute atomic E-state index is 0.0921. The van der Waals surface area contributed by atoms with Crippen molar-refractivity contribution in [3.8, 4) is 0 Å². The zero-order chi connectivity index (χ0) is 27.0. The Balaban J connectivity index is 1.78. The Labute approximate surface area is 222 Å². The molecule has 1 fully saturated rings. The number of hydrogen-bond acceptors (Lipinski definition) is 7. The third-order valence-electron chi connectivity index (χ3n) is 6.36. The molecule has 1 aromatic carbocycles. The smallest absolute Gasteiger partial charge is 0.343 e. The topological polar surface area (TPSA) is 103 Å². The normalized spacial score (nSPS) is 18.9. The molecular weight excluding hydrogens is 497 g/mol. The van der Waals surface area contributed by atoms with Crippen LogP contribution in [0.25, 0.3) is 0 Å². The summed E-state index contributed by atoms with van der Waals surface area (Å²) in [4.78, 5) is 41.5. The fourth-order valence-electron chi connectivity index (χ4n) is 4.22. The first-order valence-electron chi connectivity index (χ1n) is 12.8. The van der Waals surface area contributed by atoms with Gasteiger partial charge >= 0.3 is 6.03 Å². The number of Topliss-reactive ketones (excluding diaryl/α,β-unsaturated/α-hetero) is 1. The Morgan fingerprint density at radius 1 is 1.19 bits per heavy atom. The standard InChI is InChI=1S/C26H38FN5O4S/c1-18(2)12-13-21(33)23-32(30-25(36-23)37-17-16-31(3)4)24(35)29-26(14-8-5-9-15-26)28-22(34)19-10-6-7-11-20(19)27/h6-7,10-11,18,23H,5,8-9,12-17H2,1-4H3,(H,28,34)(H,29,35). The number of carbonyl (C=O) groups excluding carboxylic acids is 3. The molecular formula is C26H38FN5O4S. The van der Waals surface area contributed by atoms with Gasteiger partial charge in [-0.3, -0.25) is 9.59 Å². The van der Waals surface area contributed by atoms with E-state index in [9.17, 15) is 18.8 Å². The number of hydrazone groups is 1. The summed E-state index contributed by atoms with van der Waals surface area (Å²) in [7, 11) is 3.91. The summed E-state index contributed by atoms with van der Waals surface area (Å²) in [6.45, 7) is 4.82. The molecule has 1 heterocycles. The van der Waals surface area contributed by atoms with Gasteiger partial charge < -0.3 is 20.3 Å². The van der Waals surface area contributed by atoms with Crippen molar-refractivity contribution in [2.24, 2.45) is 11.0 Å². The monoisotopic (exact) mass is 535 g/mol. The van der Waals surface area contributed by atoms with Gasteiger partial charge in [-0.15, -0.1) is 5.10 Å². The van der Waals surface area contributed by atoms with Crippen LogP contribution in [0.5, 0.6) is 0 Å². The van der Waals surface area contributed by atoms with Crippen LogP contribution in [-0.2, 0) is 9.53 Å². The molecule has 1 unspecified atom stereocenters.